The van der Waals surface area contributed by atoms with Crippen LogP contribution < -0.4 is 5.32 Å². The number of imidazole rings is 1. The molecule has 1 aromatic heterocycles. The largest absolute Gasteiger partial charge is 0.341 e. The summed E-state index contributed by atoms with van der Waals surface area (Å²) in [5, 5.41) is 2.64. The van der Waals surface area contributed by atoms with Crippen molar-refractivity contribution >= 4 is 32.7 Å². The first-order chi connectivity index (χ1) is 12.9. The Morgan fingerprint density at radius 3 is 2.63 bits per heavy atom. The first-order valence-electron chi connectivity index (χ1n) is 8.79. The molecule has 0 saturated carbocycles. The monoisotopic (exact) mass is 384 g/mol. The number of carbonyl (C=O) groups excluding carboxylic acids is 1. The summed E-state index contributed by atoms with van der Waals surface area (Å²) in [4.78, 5) is 19.2. The highest BCUT2D eigenvalue weighted by atomic mass is 32.2. The van der Waals surface area contributed by atoms with E-state index in [0.29, 0.717) is 18.1 Å². The molecule has 140 valence electrons. The summed E-state index contributed by atoms with van der Waals surface area (Å²) >= 11 is 0. The van der Waals surface area contributed by atoms with Crippen LogP contribution in [0.5, 0.6) is 0 Å². The zero-order valence-corrected chi connectivity index (χ0v) is 15.7. The van der Waals surface area contributed by atoms with Gasteiger partial charge in [0.25, 0.3) is 0 Å². The van der Waals surface area contributed by atoms with Gasteiger partial charge in [0.05, 0.1) is 22.0 Å². The first-order valence-corrected chi connectivity index (χ1v) is 10.2. The topological polar surface area (TPSA) is 95.2 Å². The van der Waals surface area contributed by atoms with Gasteiger partial charge in [-0.2, -0.15) is 4.31 Å². The van der Waals surface area contributed by atoms with E-state index in [1.165, 1.54) is 23.4 Å². The van der Waals surface area contributed by atoms with Crippen LogP contribution in [0.15, 0.2) is 53.4 Å². The lowest BCUT2D eigenvalue weighted by atomic mass is 10.2. The number of fused-ring (bicyclic) bond motifs is 1. The fourth-order valence-electron chi connectivity index (χ4n) is 3.48. The fourth-order valence-corrected chi connectivity index (χ4v) is 5.14. The standard InChI is InChI=1S/C19H20N4O3S/c1-13(24)20-14-8-10-15(11-9-14)27(25,26)23-12-4-7-18(23)19-21-16-5-2-3-6-17(16)22-19/h2-3,5-6,8-11,18H,4,7,12H2,1H3,(H,20,24)(H,21,22). The Morgan fingerprint density at radius 2 is 1.93 bits per heavy atom. The maximum Gasteiger partial charge on any atom is 0.243 e. The molecule has 2 heterocycles. The molecule has 1 aliphatic heterocycles. The van der Waals surface area contributed by atoms with Crippen LogP contribution in [0.4, 0.5) is 5.69 Å². The number of nitrogens with one attached hydrogen (secondary N) is 2. The zero-order valence-electron chi connectivity index (χ0n) is 14.8. The van der Waals surface area contributed by atoms with Crippen molar-refractivity contribution in [3.8, 4) is 0 Å². The van der Waals surface area contributed by atoms with Crippen LogP contribution in [0.2, 0.25) is 0 Å². The van der Waals surface area contributed by atoms with Crippen molar-refractivity contribution in [3.05, 3.63) is 54.4 Å². The molecule has 1 unspecified atom stereocenters. The number of aromatic nitrogens is 2. The second-order valence-electron chi connectivity index (χ2n) is 6.62. The van der Waals surface area contributed by atoms with Crippen LogP contribution >= 0.6 is 0 Å². The molecule has 7 nitrogen and oxygen atoms in total. The van der Waals surface area contributed by atoms with Crippen LogP contribution in [-0.4, -0.2) is 35.1 Å². The normalized spacial score (nSPS) is 18.0. The van der Waals surface area contributed by atoms with E-state index in [1.807, 2.05) is 24.3 Å². The first kappa shape index (κ1) is 17.7. The van der Waals surface area contributed by atoms with Crippen LogP contribution in [0, 0.1) is 0 Å². The van der Waals surface area contributed by atoms with Crippen LogP contribution in [0.3, 0.4) is 0 Å². The molecule has 4 rings (SSSR count). The van der Waals surface area contributed by atoms with Crippen molar-refractivity contribution in [1.29, 1.82) is 0 Å². The number of H-pyrrole nitrogens is 1. The predicted octanol–water partition coefficient (Wildman–Crippen LogP) is 3.05. The molecule has 1 saturated heterocycles. The zero-order chi connectivity index (χ0) is 19.0. The van der Waals surface area contributed by atoms with E-state index < -0.39 is 10.0 Å². The highest BCUT2D eigenvalue weighted by molar-refractivity contribution is 7.89. The third kappa shape index (κ3) is 3.33. The number of anilines is 1. The van der Waals surface area contributed by atoms with Gasteiger partial charge in [0.1, 0.15) is 5.82 Å². The number of sulfonamides is 1. The average Bonchev–Trinajstić information content (AvgIpc) is 3.28. The third-order valence-corrected chi connectivity index (χ3v) is 6.63. The van der Waals surface area contributed by atoms with Gasteiger partial charge in [-0.15, -0.1) is 0 Å². The van der Waals surface area contributed by atoms with Gasteiger partial charge in [-0.1, -0.05) is 12.1 Å². The fraction of sp³-hybridized carbons (Fsp3) is 0.263. The van der Waals surface area contributed by atoms with E-state index in [1.54, 1.807) is 12.1 Å². The molecule has 1 amide bonds. The number of amides is 1. The summed E-state index contributed by atoms with van der Waals surface area (Å²) in [7, 11) is -3.66. The molecule has 8 heteroatoms. The number of hydrogen-bond donors (Lipinski definition) is 2. The van der Waals surface area contributed by atoms with Gasteiger partial charge in [0, 0.05) is 19.2 Å². The number of aromatic amines is 1. The average molecular weight is 384 g/mol. The summed E-state index contributed by atoms with van der Waals surface area (Å²) in [6.45, 7) is 1.87. The van der Waals surface area contributed by atoms with Crippen LogP contribution in [0.1, 0.15) is 31.6 Å². The van der Waals surface area contributed by atoms with E-state index in [2.05, 4.69) is 15.3 Å². The number of rotatable bonds is 4. The summed E-state index contributed by atoms with van der Waals surface area (Å²) in [6.07, 6.45) is 1.51. The molecule has 0 radical (unpaired) electrons. The van der Waals surface area contributed by atoms with E-state index in [-0.39, 0.29) is 16.8 Å². The Morgan fingerprint density at radius 1 is 1.19 bits per heavy atom. The minimum Gasteiger partial charge on any atom is -0.341 e. The highest BCUT2D eigenvalue weighted by Crippen LogP contribution is 2.36. The molecule has 0 spiro atoms. The van der Waals surface area contributed by atoms with Crippen molar-refractivity contribution < 1.29 is 13.2 Å². The van der Waals surface area contributed by atoms with Gasteiger partial charge in [-0.25, -0.2) is 13.4 Å². The minimum atomic E-state index is -3.66. The lowest BCUT2D eigenvalue weighted by molar-refractivity contribution is -0.114. The van der Waals surface area contributed by atoms with E-state index in [4.69, 9.17) is 0 Å². The lowest BCUT2D eigenvalue weighted by Crippen LogP contribution is -2.31. The molecule has 3 aromatic rings. The Kier molecular flexibility index (Phi) is 4.45. The molecule has 27 heavy (non-hydrogen) atoms. The Labute approximate surface area is 157 Å². The third-order valence-electron chi connectivity index (χ3n) is 4.71. The van der Waals surface area contributed by atoms with E-state index in [0.717, 1.165) is 23.9 Å². The van der Waals surface area contributed by atoms with Crippen molar-refractivity contribution in [3.63, 3.8) is 0 Å². The quantitative estimate of drug-likeness (QED) is 0.723. The van der Waals surface area contributed by atoms with Gasteiger partial charge in [0.15, 0.2) is 0 Å². The molecule has 0 aliphatic carbocycles. The summed E-state index contributed by atoms with van der Waals surface area (Å²) in [5.41, 5.74) is 2.30. The van der Waals surface area contributed by atoms with Crippen molar-refractivity contribution in [2.24, 2.45) is 0 Å². The van der Waals surface area contributed by atoms with Crippen LogP contribution in [-0.2, 0) is 14.8 Å². The molecular formula is C19H20N4O3S. The lowest BCUT2D eigenvalue weighted by Gasteiger charge is -2.22. The summed E-state index contributed by atoms with van der Waals surface area (Å²) in [5.74, 6) is 0.474. The predicted molar refractivity (Wildman–Crippen MR) is 103 cm³/mol. The number of hydrogen-bond acceptors (Lipinski definition) is 4. The molecule has 1 atom stereocenters. The molecule has 0 bridgehead atoms. The molecule has 1 fully saturated rings. The maximum absolute atomic E-state index is 13.2. The van der Waals surface area contributed by atoms with Crippen LogP contribution in [0.25, 0.3) is 11.0 Å². The summed E-state index contributed by atoms with van der Waals surface area (Å²) < 4.78 is 27.8. The minimum absolute atomic E-state index is 0.199. The molecular weight excluding hydrogens is 364 g/mol. The Bertz CT molecular complexity index is 1060. The maximum atomic E-state index is 13.2. The van der Waals surface area contributed by atoms with Gasteiger partial charge >= 0.3 is 0 Å². The molecule has 2 aromatic carbocycles. The van der Waals surface area contributed by atoms with Crippen molar-refractivity contribution in [2.75, 3.05) is 11.9 Å². The number of nitrogens with zero attached hydrogens (tertiary/aromatic N) is 2. The molecule has 2 N–H and O–H groups in total. The highest BCUT2D eigenvalue weighted by Gasteiger charge is 2.37. The Balaban J connectivity index is 1.64. The van der Waals surface area contributed by atoms with E-state index >= 15 is 0 Å². The smallest absolute Gasteiger partial charge is 0.243 e. The number of benzene rings is 2. The Hall–Kier alpha value is -2.71. The summed E-state index contributed by atoms with van der Waals surface area (Å²) in [6, 6.07) is 13.6. The second-order valence-corrected chi connectivity index (χ2v) is 8.51. The van der Waals surface area contributed by atoms with Gasteiger partial charge in [-0.05, 0) is 49.2 Å². The van der Waals surface area contributed by atoms with Crippen molar-refractivity contribution in [2.45, 2.75) is 30.7 Å². The van der Waals surface area contributed by atoms with Gasteiger partial charge < -0.3 is 10.3 Å². The van der Waals surface area contributed by atoms with Gasteiger partial charge in [0.2, 0.25) is 15.9 Å². The van der Waals surface area contributed by atoms with E-state index in [9.17, 15) is 13.2 Å². The van der Waals surface area contributed by atoms with Gasteiger partial charge in [-0.3, -0.25) is 4.79 Å². The number of carbonyl (C=O) groups is 1. The molecule has 1 aliphatic rings. The SMILES string of the molecule is CC(=O)Nc1ccc(S(=O)(=O)N2CCCC2c2nc3ccccc3[nH]2)cc1. The van der Waals surface area contributed by atoms with Crippen molar-refractivity contribution in [1.82, 2.24) is 14.3 Å². The number of para-hydroxylation sites is 2. The second kappa shape index (κ2) is 6.79.